The molecule has 1 aromatic heterocycles. The van der Waals surface area contributed by atoms with Crippen molar-refractivity contribution in [2.75, 3.05) is 5.73 Å². The van der Waals surface area contributed by atoms with Crippen LogP contribution in [0.1, 0.15) is 13.3 Å². The van der Waals surface area contributed by atoms with Gasteiger partial charge in [-0.05, 0) is 30.7 Å². The fourth-order valence-corrected chi connectivity index (χ4v) is 2.50. The summed E-state index contributed by atoms with van der Waals surface area (Å²) < 4.78 is 15.4. The average Bonchev–Trinajstić information content (AvgIpc) is 2.77. The third-order valence-electron chi connectivity index (χ3n) is 3.42. The molecule has 0 unspecified atom stereocenters. The van der Waals surface area contributed by atoms with Gasteiger partial charge in [0.05, 0.1) is 16.6 Å². The summed E-state index contributed by atoms with van der Waals surface area (Å²) in [6.45, 7) is 2.79. The smallest absolute Gasteiger partial charge is 0.144 e. The highest BCUT2D eigenvalue weighted by atomic mass is 19.1. The molecular formula is C16H16FN3O. The average molecular weight is 285 g/mol. The van der Waals surface area contributed by atoms with Crippen LogP contribution in [0.5, 0.6) is 5.75 Å². The number of aryl methyl sites for hydroxylation is 1. The number of phenolic OH excluding ortho intramolecular Hbond substituents is 1. The zero-order chi connectivity index (χ0) is 15.0. The lowest BCUT2D eigenvalue weighted by molar-refractivity contribution is 0.476. The van der Waals surface area contributed by atoms with Crippen molar-refractivity contribution < 1.29 is 9.50 Å². The number of hydrogen-bond donors (Lipinski definition) is 2. The number of benzene rings is 2. The molecule has 0 atom stereocenters. The van der Waals surface area contributed by atoms with Crippen LogP contribution in [0.15, 0.2) is 36.4 Å². The number of halogens is 1. The van der Waals surface area contributed by atoms with E-state index in [1.165, 1.54) is 18.2 Å². The van der Waals surface area contributed by atoms with Crippen LogP contribution >= 0.6 is 0 Å². The number of hydrogen-bond acceptors (Lipinski definition) is 3. The molecule has 0 bridgehead atoms. The van der Waals surface area contributed by atoms with Gasteiger partial charge in [0, 0.05) is 24.4 Å². The summed E-state index contributed by atoms with van der Waals surface area (Å²) in [6, 6.07) is 9.47. The molecule has 0 radical (unpaired) electrons. The van der Waals surface area contributed by atoms with Crippen molar-refractivity contribution in [2.24, 2.45) is 0 Å². The van der Waals surface area contributed by atoms with Crippen molar-refractivity contribution in [1.82, 2.24) is 9.55 Å². The minimum absolute atomic E-state index is 0.0723. The van der Waals surface area contributed by atoms with Crippen LogP contribution in [0.2, 0.25) is 0 Å². The Morgan fingerprint density at radius 1 is 1.24 bits per heavy atom. The maximum absolute atomic E-state index is 13.4. The number of aromatic hydroxyl groups is 1. The van der Waals surface area contributed by atoms with Crippen molar-refractivity contribution in [3.05, 3.63) is 42.2 Å². The van der Waals surface area contributed by atoms with Crippen molar-refractivity contribution in [3.63, 3.8) is 0 Å². The van der Waals surface area contributed by atoms with Crippen molar-refractivity contribution in [3.8, 4) is 17.1 Å². The van der Waals surface area contributed by atoms with Crippen molar-refractivity contribution in [1.29, 1.82) is 0 Å². The molecule has 5 heteroatoms. The second-order valence-electron chi connectivity index (χ2n) is 5.00. The largest absolute Gasteiger partial charge is 0.507 e. The number of nitrogens with zero attached hydrogens (tertiary/aromatic N) is 2. The highest BCUT2D eigenvalue weighted by Gasteiger charge is 2.15. The molecule has 0 saturated heterocycles. The number of fused-ring (bicyclic) bond motifs is 1. The Kier molecular flexibility index (Phi) is 3.25. The second-order valence-corrected chi connectivity index (χ2v) is 5.00. The van der Waals surface area contributed by atoms with Gasteiger partial charge < -0.3 is 15.4 Å². The van der Waals surface area contributed by atoms with E-state index in [-0.39, 0.29) is 11.6 Å². The highest BCUT2D eigenvalue weighted by Crippen LogP contribution is 2.33. The van der Waals surface area contributed by atoms with E-state index in [1.807, 2.05) is 4.57 Å². The fraction of sp³-hybridized carbons (Fsp3) is 0.188. The highest BCUT2D eigenvalue weighted by molar-refractivity contribution is 5.82. The predicted octanol–water partition coefficient (Wildman–Crippen LogP) is 3.54. The quantitative estimate of drug-likeness (QED) is 0.723. The van der Waals surface area contributed by atoms with Gasteiger partial charge in [-0.15, -0.1) is 0 Å². The summed E-state index contributed by atoms with van der Waals surface area (Å²) in [5, 5.41) is 10.1. The van der Waals surface area contributed by atoms with E-state index in [0.717, 1.165) is 18.5 Å². The van der Waals surface area contributed by atoms with Crippen LogP contribution < -0.4 is 5.73 Å². The molecule has 3 rings (SSSR count). The summed E-state index contributed by atoms with van der Waals surface area (Å²) >= 11 is 0. The molecule has 0 spiro atoms. The molecule has 108 valence electrons. The number of nitrogen functional groups attached to an aromatic ring is 1. The molecule has 4 nitrogen and oxygen atoms in total. The summed E-state index contributed by atoms with van der Waals surface area (Å²) in [5.74, 6) is 0.370. The minimum Gasteiger partial charge on any atom is -0.507 e. The van der Waals surface area contributed by atoms with Crippen LogP contribution in [-0.2, 0) is 6.54 Å². The second kappa shape index (κ2) is 5.09. The predicted molar refractivity (Wildman–Crippen MR) is 81.5 cm³/mol. The lowest BCUT2D eigenvalue weighted by Gasteiger charge is -2.09. The molecule has 2 aromatic carbocycles. The Balaban J connectivity index is 2.27. The maximum Gasteiger partial charge on any atom is 0.144 e. The lowest BCUT2D eigenvalue weighted by atomic mass is 10.1. The van der Waals surface area contributed by atoms with E-state index in [0.29, 0.717) is 22.6 Å². The van der Waals surface area contributed by atoms with Gasteiger partial charge in [0.1, 0.15) is 17.4 Å². The number of rotatable bonds is 3. The molecule has 0 saturated carbocycles. The first kappa shape index (κ1) is 13.4. The molecule has 3 aromatic rings. The van der Waals surface area contributed by atoms with Gasteiger partial charge in [-0.2, -0.15) is 0 Å². The molecule has 0 aliphatic heterocycles. The Labute approximate surface area is 121 Å². The normalized spacial score (nSPS) is 11.1. The third-order valence-corrected chi connectivity index (χ3v) is 3.42. The summed E-state index contributed by atoms with van der Waals surface area (Å²) in [7, 11) is 0. The summed E-state index contributed by atoms with van der Waals surface area (Å²) in [6.07, 6.45) is 0.908. The zero-order valence-corrected chi connectivity index (χ0v) is 11.7. The zero-order valence-electron chi connectivity index (χ0n) is 11.7. The van der Waals surface area contributed by atoms with E-state index in [1.54, 1.807) is 18.2 Å². The van der Waals surface area contributed by atoms with Crippen LogP contribution in [0.4, 0.5) is 10.1 Å². The molecule has 3 N–H and O–H groups in total. The monoisotopic (exact) mass is 285 g/mol. The Morgan fingerprint density at radius 3 is 2.76 bits per heavy atom. The SMILES string of the molecule is CCCn1c(-c2ccc(N)cc2O)nc2cc(F)ccc21. The first-order chi connectivity index (χ1) is 10.1. The van der Waals surface area contributed by atoms with Gasteiger partial charge in [-0.3, -0.25) is 0 Å². The molecule has 21 heavy (non-hydrogen) atoms. The van der Waals surface area contributed by atoms with Gasteiger partial charge in [-0.1, -0.05) is 6.92 Å². The van der Waals surface area contributed by atoms with Gasteiger partial charge >= 0.3 is 0 Å². The van der Waals surface area contributed by atoms with Crippen LogP contribution in [0, 0.1) is 5.82 Å². The molecule has 0 aliphatic rings. The number of phenols is 1. The summed E-state index contributed by atoms with van der Waals surface area (Å²) in [5.41, 5.74) is 8.17. The number of aromatic nitrogens is 2. The van der Waals surface area contributed by atoms with Gasteiger partial charge in [0.15, 0.2) is 0 Å². The first-order valence-electron chi connectivity index (χ1n) is 6.85. The van der Waals surface area contributed by atoms with Crippen LogP contribution in [0.3, 0.4) is 0 Å². The lowest BCUT2D eigenvalue weighted by Crippen LogP contribution is -2.00. The van der Waals surface area contributed by atoms with Gasteiger partial charge in [0.25, 0.3) is 0 Å². The van der Waals surface area contributed by atoms with Crippen molar-refractivity contribution in [2.45, 2.75) is 19.9 Å². The molecule has 1 heterocycles. The Bertz CT molecular complexity index is 811. The Hall–Kier alpha value is -2.56. The van der Waals surface area contributed by atoms with Crippen molar-refractivity contribution >= 4 is 16.7 Å². The van der Waals surface area contributed by atoms with Crippen LogP contribution in [-0.4, -0.2) is 14.7 Å². The van der Waals surface area contributed by atoms with E-state index in [2.05, 4.69) is 11.9 Å². The maximum atomic E-state index is 13.4. The number of imidazole rings is 1. The standard InChI is InChI=1S/C16H16FN3O/c1-2-7-20-14-6-3-10(17)8-13(14)19-16(20)12-5-4-11(18)9-15(12)21/h3-6,8-9,21H,2,7,18H2,1H3. The number of nitrogens with two attached hydrogens (primary N) is 1. The summed E-state index contributed by atoms with van der Waals surface area (Å²) in [4.78, 5) is 4.48. The fourth-order valence-electron chi connectivity index (χ4n) is 2.50. The number of anilines is 1. The van der Waals surface area contributed by atoms with Crippen LogP contribution in [0.25, 0.3) is 22.4 Å². The first-order valence-corrected chi connectivity index (χ1v) is 6.85. The third kappa shape index (κ3) is 2.31. The Morgan fingerprint density at radius 2 is 2.05 bits per heavy atom. The van der Waals surface area contributed by atoms with Gasteiger partial charge in [0.2, 0.25) is 0 Å². The minimum atomic E-state index is -0.322. The topological polar surface area (TPSA) is 64.1 Å². The van der Waals surface area contributed by atoms with E-state index >= 15 is 0 Å². The van der Waals surface area contributed by atoms with E-state index < -0.39 is 0 Å². The van der Waals surface area contributed by atoms with E-state index in [4.69, 9.17) is 5.73 Å². The van der Waals surface area contributed by atoms with E-state index in [9.17, 15) is 9.50 Å². The molecule has 0 amide bonds. The molecule has 0 aliphatic carbocycles. The molecule has 0 fully saturated rings. The molecular weight excluding hydrogens is 269 g/mol. The van der Waals surface area contributed by atoms with Gasteiger partial charge in [-0.25, -0.2) is 9.37 Å².